The number of aromatic nitrogens is 1. The van der Waals surface area contributed by atoms with Gasteiger partial charge in [0.25, 0.3) is 11.8 Å². The lowest BCUT2D eigenvalue weighted by molar-refractivity contribution is -0.115. The third-order valence-corrected chi connectivity index (χ3v) is 9.80. The van der Waals surface area contributed by atoms with E-state index in [1.165, 1.54) is 22.2 Å². The summed E-state index contributed by atoms with van der Waals surface area (Å²) in [6.45, 7) is 6.12. The Kier molecular flexibility index (Phi) is 7.64. The quantitative estimate of drug-likeness (QED) is 0.227. The van der Waals surface area contributed by atoms with Crippen LogP contribution in [0.4, 0.5) is 11.4 Å². The zero-order valence-electron chi connectivity index (χ0n) is 23.0. The molecule has 2 aliphatic rings. The number of nitrogens with one attached hydrogen (secondary N) is 2. The van der Waals surface area contributed by atoms with Crippen LogP contribution in [-0.2, 0) is 17.6 Å². The molecule has 9 heteroatoms. The number of halogens is 1. The van der Waals surface area contributed by atoms with Gasteiger partial charge in [0, 0.05) is 27.0 Å². The van der Waals surface area contributed by atoms with Crippen molar-refractivity contribution >= 4 is 69.1 Å². The zero-order valence-corrected chi connectivity index (χ0v) is 25.4. The molecule has 2 amide bonds. The summed E-state index contributed by atoms with van der Waals surface area (Å²) in [7, 11) is 0. The molecule has 2 N–H and O–H groups in total. The van der Waals surface area contributed by atoms with E-state index in [4.69, 9.17) is 11.6 Å². The van der Waals surface area contributed by atoms with Gasteiger partial charge in [0.1, 0.15) is 5.00 Å². The molecule has 6 nitrogen and oxygen atoms in total. The molecule has 41 heavy (non-hydrogen) atoms. The van der Waals surface area contributed by atoms with Gasteiger partial charge in [0.15, 0.2) is 5.17 Å². The molecule has 2 aromatic carbocycles. The monoisotopic (exact) mass is 600 g/mol. The van der Waals surface area contributed by atoms with Gasteiger partial charge in [0.2, 0.25) is 0 Å². The van der Waals surface area contributed by atoms with Crippen molar-refractivity contribution in [1.29, 1.82) is 0 Å². The normalized spacial score (nSPS) is 16.7. The van der Waals surface area contributed by atoms with Crippen molar-refractivity contribution in [3.05, 3.63) is 103 Å². The number of aliphatic imine (C=N–C) groups is 1. The lowest BCUT2D eigenvalue weighted by atomic mass is 9.95. The van der Waals surface area contributed by atoms with Gasteiger partial charge in [-0.1, -0.05) is 29.3 Å². The lowest BCUT2D eigenvalue weighted by Gasteiger charge is -2.14. The van der Waals surface area contributed by atoms with Crippen LogP contribution in [-0.4, -0.2) is 21.5 Å². The van der Waals surface area contributed by atoms with Crippen LogP contribution in [0.1, 0.15) is 56.2 Å². The van der Waals surface area contributed by atoms with E-state index in [-0.39, 0.29) is 11.8 Å². The number of hydrogen-bond donors (Lipinski definition) is 2. The van der Waals surface area contributed by atoms with Crippen LogP contribution in [0.15, 0.2) is 64.5 Å². The van der Waals surface area contributed by atoms with Gasteiger partial charge in [-0.05, 0) is 118 Å². The fourth-order valence-corrected chi connectivity index (χ4v) is 7.73. The van der Waals surface area contributed by atoms with Crippen LogP contribution >= 0.6 is 34.7 Å². The highest BCUT2D eigenvalue weighted by Crippen LogP contribution is 2.40. The maximum absolute atomic E-state index is 13.8. The molecule has 0 bridgehead atoms. The number of benzene rings is 2. The molecular formula is C32H29ClN4O2S2. The SMILES string of the molecule is Cc1ccc(NC(=O)c2c(-n3c(C)cc(/C=C4\SC(=Nc5ccc(Cl)cc5)NC4=O)c3C)sc3c2CCCC3)cc1. The van der Waals surface area contributed by atoms with Crippen LogP contribution in [0.2, 0.25) is 5.02 Å². The number of carbonyl (C=O) groups excluding carboxylic acids is 2. The second kappa shape index (κ2) is 11.4. The number of amidine groups is 1. The first-order chi connectivity index (χ1) is 19.8. The Morgan fingerprint density at radius 1 is 1.05 bits per heavy atom. The van der Waals surface area contributed by atoms with Gasteiger partial charge >= 0.3 is 0 Å². The number of fused-ring (bicyclic) bond motifs is 1. The summed E-state index contributed by atoms with van der Waals surface area (Å²) in [5.41, 5.74) is 7.51. The average Bonchev–Trinajstić information content (AvgIpc) is 3.58. The second-order valence-corrected chi connectivity index (χ2v) is 12.9. The summed E-state index contributed by atoms with van der Waals surface area (Å²) < 4.78 is 2.17. The highest BCUT2D eigenvalue weighted by atomic mass is 35.5. The molecule has 0 atom stereocenters. The highest BCUT2D eigenvalue weighted by Gasteiger charge is 2.29. The highest BCUT2D eigenvalue weighted by molar-refractivity contribution is 8.18. The summed E-state index contributed by atoms with van der Waals surface area (Å²) in [4.78, 5) is 33.0. The average molecular weight is 601 g/mol. The van der Waals surface area contributed by atoms with Gasteiger partial charge < -0.3 is 15.2 Å². The van der Waals surface area contributed by atoms with E-state index in [9.17, 15) is 9.59 Å². The maximum Gasteiger partial charge on any atom is 0.264 e. The summed E-state index contributed by atoms with van der Waals surface area (Å²) >= 11 is 9.00. The van der Waals surface area contributed by atoms with Crippen LogP contribution in [0.25, 0.3) is 11.1 Å². The van der Waals surface area contributed by atoms with Crippen molar-refractivity contribution < 1.29 is 9.59 Å². The van der Waals surface area contributed by atoms with E-state index in [1.54, 1.807) is 23.5 Å². The summed E-state index contributed by atoms with van der Waals surface area (Å²) in [5.74, 6) is -0.262. The van der Waals surface area contributed by atoms with Gasteiger partial charge in [-0.25, -0.2) is 4.99 Å². The Bertz CT molecular complexity index is 1730. The number of hydrogen-bond acceptors (Lipinski definition) is 5. The Hall–Kier alpha value is -3.59. The van der Waals surface area contributed by atoms with Gasteiger partial charge in [-0.2, -0.15) is 0 Å². The maximum atomic E-state index is 13.8. The number of aryl methyl sites for hydroxylation is 3. The molecule has 1 fully saturated rings. The Morgan fingerprint density at radius 3 is 2.54 bits per heavy atom. The summed E-state index contributed by atoms with van der Waals surface area (Å²) in [6, 6.07) is 17.1. The first kappa shape index (κ1) is 27.6. The first-order valence-corrected chi connectivity index (χ1v) is 15.5. The van der Waals surface area contributed by atoms with Crippen LogP contribution < -0.4 is 10.6 Å². The van der Waals surface area contributed by atoms with Gasteiger partial charge in [-0.3, -0.25) is 9.59 Å². The zero-order chi connectivity index (χ0) is 28.7. The molecule has 1 saturated heterocycles. The Labute approximate surface area is 252 Å². The molecule has 2 aromatic heterocycles. The first-order valence-electron chi connectivity index (χ1n) is 13.5. The van der Waals surface area contributed by atoms with Crippen molar-refractivity contribution in [3.63, 3.8) is 0 Å². The van der Waals surface area contributed by atoms with Crippen molar-refractivity contribution in [2.24, 2.45) is 4.99 Å². The van der Waals surface area contributed by atoms with E-state index < -0.39 is 0 Å². The van der Waals surface area contributed by atoms with Crippen LogP contribution in [0, 0.1) is 20.8 Å². The number of thioether (sulfide) groups is 1. The Balaban J connectivity index is 1.34. The van der Waals surface area contributed by atoms with Gasteiger partial charge in [0.05, 0.1) is 16.2 Å². The molecule has 0 spiro atoms. The molecular weight excluding hydrogens is 572 g/mol. The number of amides is 2. The number of thiophene rings is 1. The second-order valence-electron chi connectivity index (χ2n) is 10.3. The minimum Gasteiger partial charge on any atom is -0.322 e. The molecule has 208 valence electrons. The van der Waals surface area contributed by atoms with Crippen LogP contribution in [0.5, 0.6) is 0 Å². The van der Waals surface area contributed by atoms with Crippen LogP contribution in [0.3, 0.4) is 0 Å². The lowest BCUT2D eigenvalue weighted by Crippen LogP contribution is -2.19. The number of carbonyl (C=O) groups is 2. The number of rotatable bonds is 5. The third-order valence-electron chi connectivity index (χ3n) is 7.36. The van der Waals surface area contributed by atoms with E-state index in [0.29, 0.717) is 15.1 Å². The molecule has 0 unspecified atom stereocenters. The van der Waals surface area contributed by atoms with Crippen molar-refractivity contribution in [1.82, 2.24) is 9.88 Å². The molecule has 4 aromatic rings. The number of anilines is 1. The summed E-state index contributed by atoms with van der Waals surface area (Å²) in [5, 5.41) is 8.09. The molecule has 1 aliphatic heterocycles. The molecule has 6 rings (SSSR count). The fraction of sp³-hybridized carbons (Fsp3) is 0.219. The number of nitrogens with zero attached hydrogens (tertiary/aromatic N) is 2. The fourth-order valence-electron chi connectivity index (χ4n) is 5.27. The summed E-state index contributed by atoms with van der Waals surface area (Å²) in [6.07, 6.45) is 6.03. The van der Waals surface area contributed by atoms with E-state index in [1.807, 2.05) is 63.2 Å². The van der Waals surface area contributed by atoms with E-state index in [2.05, 4.69) is 26.3 Å². The Morgan fingerprint density at radius 2 is 1.78 bits per heavy atom. The topological polar surface area (TPSA) is 75.5 Å². The van der Waals surface area contributed by atoms with Crippen molar-refractivity contribution in [2.75, 3.05) is 5.32 Å². The van der Waals surface area contributed by atoms with Crippen molar-refractivity contribution in [2.45, 2.75) is 46.5 Å². The molecule has 0 radical (unpaired) electrons. The minimum atomic E-state index is -0.183. The minimum absolute atomic E-state index is 0.0792. The largest absolute Gasteiger partial charge is 0.322 e. The predicted molar refractivity (Wildman–Crippen MR) is 171 cm³/mol. The third kappa shape index (κ3) is 5.64. The van der Waals surface area contributed by atoms with E-state index in [0.717, 1.165) is 70.1 Å². The van der Waals surface area contributed by atoms with Crippen molar-refractivity contribution in [3.8, 4) is 5.00 Å². The predicted octanol–water partition coefficient (Wildman–Crippen LogP) is 8.14. The van der Waals surface area contributed by atoms with E-state index >= 15 is 0 Å². The standard InChI is InChI=1S/C32H29ClN4O2S2/c1-18-8-12-23(13-9-18)34-30(39)28-25-6-4-5-7-26(25)40-31(28)37-19(2)16-21(20(37)3)17-27-29(38)36-32(41-27)35-24-14-10-22(33)11-15-24/h8-17H,4-7H2,1-3H3,(H,34,39)(H,35,36,38)/b27-17-. The molecule has 3 heterocycles. The smallest absolute Gasteiger partial charge is 0.264 e. The molecule has 1 aliphatic carbocycles. The molecule has 0 saturated carbocycles. The van der Waals surface area contributed by atoms with Gasteiger partial charge in [-0.15, -0.1) is 11.3 Å².